The number of rotatable bonds is 4. The lowest BCUT2D eigenvalue weighted by atomic mass is 10.2. The fourth-order valence-corrected chi connectivity index (χ4v) is 2.87. The SMILES string of the molecule is O=C(c1ccc2cn[nH]c2n1)N1CCN(CCn2cncn2)CC1. The fourth-order valence-electron chi connectivity index (χ4n) is 2.87. The van der Waals surface area contributed by atoms with E-state index in [1.807, 2.05) is 15.6 Å². The van der Waals surface area contributed by atoms with Gasteiger partial charge in [-0.3, -0.25) is 19.5 Å². The van der Waals surface area contributed by atoms with Gasteiger partial charge in [-0.15, -0.1) is 0 Å². The topological polar surface area (TPSA) is 95.8 Å². The Balaban J connectivity index is 1.33. The van der Waals surface area contributed by atoms with Gasteiger partial charge in [0.2, 0.25) is 0 Å². The number of hydrogen-bond acceptors (Lipinski definition) is 6. The van der Waals surface area contributed by atoms with E-state index in [-0.39, 0.29) is 5.91 Å². The van der Waals surface area contributed by atoms with Crippen molar-refractivity contribution in [3.63, 3.8) is 0 Å². The van der Waals surface area contributed by atoms with Crippen LogP contribution < -0.4 is 0 Å². The molecular weight excluding hydrogens is 308 g/mol. The lowest BCUT2D eigenvalue weighted by Gasteiger charge is -2.34. The molecule has 0 radical (unpaired) electrons. The van der Waals surface area contributed by atoms with E-state index < -0.39 is 0 Å². The van der Waals surface area contributed by atoms with Crippen molar-refractivity contribution in [3.05, 3.63) is 36.7 Å². The predicted octanol–water partition coefficient (Wildman–Crippen LogP) is 0.00740. The number of aromatic amines is 1. The Morgan fingerprint density at radius 1 is 1.17 bits per heavy atom. The largest absolute Gasteiger partial charge is 0.335 e. The van der Waals surface area contributed by atoms with Gasteiger partial charge in [0.05, 0.1) is 12.7 Å². The van der Waals surface area contributed by atoms with E-state index in [0.29, 0.717) is 24.4 Å². The van der Waals surface area contributed by atoms with Gasteiger partial charge in [-0.2, -0.15) is 10.2 Å². The average molecular weight is 326 g/mol. The van der Waals surface area contributed by atoms with Gasteiger partial charge in [0, 0.05) is 38.1 Å². The zero-order valence-corrected chi connectivity index (χ0v) is 13.2. The van der Waals surface area contributed by atoms with Gasteiger partial charge < -0.3 is 4.90 Å². The third-order valence-corrected chi connectivity index (χ3v) is 4.29. The van der Waals surface area contributed by atoms with Crippen molar-refractivity contribution in [1.29, 1.82) is 0 Å². The minimum atomic E-state index is -0.0255. The van der Waals surface area contributed by atoms with Crippen LogP contribution in [0, 0.1) is 0 Å². The summed E-state index contributed by atoms with van der Waals surface area (Å²) in [6.45, 7) is 4.84. The Hall–Kier alpha value is -2.81. The monoisotopic (exact) mass is 326 g/mol. The maximum absolute atomic E-state index is 12.6. The number of carbonyl (C=O) groups is 1. The quantitative estimate of drug-likeness (QED) is 0.725. The predicted molar refractivity (Wildman–Crippen MR) is 86.3 cm³/mol. The van der Waals surface area contributed by atoms with E-state index in [0.717, 1.165) is 31.6 Å². The number of piperazine rings is 1. The van der Waals surface area contributed by atoms with Gasteiger partial charge >= 0.3 is 0 Å². The molecule has 3 aromatic rings. The zero-order chi connectivity index (χ0) is 16.4. The van der Waals surface area contributed by atoms with E-state index in [2.05, 4.69) is 30.2 Å². The van der Waals surface area contributed by atoms with Gasteiger partial charge in [-0.1, -0.05) is 0 Å². The summed E-state index contributed by atoms with van der Waals surface area (Å²) in [5.74, 6) is -0.0255. The van der Waals surface area contributed by atoms with Crippen molar-refractivity contribution in [3.8, 4) is 0 Å². The summed E-state index contributed by atoms with van der Waals surface area (Å²) in [4.78, 5) is 25.1. The second-order valence-corrected chi connectivity index (χ2v) is 5.80. The zero-order valence-electron chi connectivity index (χ0n) is 13.2. The van der Waals surface area contributed by atoms with Crippen LogP contribution >= 0.6 is 0 Å². The highest BCUT2D eigenvalue weighted by Gasteiger charge is 2.23. The summed E-state index contributed by atoms with van der Waals surface area (Å²) in [7, 11) is 0. The highest BCUT2D eigenvalue weighted by Crippen LogP contribution is 2.12. The minimum absolute atomic E-state index is 0.0255. The normalized spacial score (nSPS) is 15.9. The van der Waals surface area contributed by atoms with Crippen molar-refractivity contribution in [2.24, 2.45) is 0 Å². The van der Waals surface area contributed by atoms with Crippen molar-refractivity contribution in [1.82, 2.24) is 39.7 Å². The molecule has 0 aromatic carbocycles. The number of H-pyrrole nitrogens is 1. The van der Waals surface area contributed by atoms with Crippen molar-refractivity contribution >= 4 is 16.9 Å². The molecule has 9 nitrogen and oxygen atoms in total. The van der Waals surface area contributed by atoms with Gasteiger partial charge in [0.1, 0.15) is 18.3 Å². The van der Waals surface area contributed by atoms with Crippen molar-refractivity contribution < 1.29 is 4.79 Å². The second-order valence-electron chi connectivity index (χ2n) is 5.80. The maximum Gasteiger partial charge on any atom is 0.272 e. The Kier molecular flexibility index (Phi) is 3.91. The third kappa shape index (κ3) is 2.98. The molecule has 1 aliphatic heterocycles. The van der Waals surface area contributed by atoms with E-state index in [1.54, 1.807) is 24.9 Å². The molecule has 0 unspecified atom stereocenters. The molecule has 4 heterocycles. The van der Waals surface area contributed by atoms with E-state index in [9.17, 15) is 4.79 Å². The molecule has 124 valence electrons. The van der Waals surface area contributed by atoms with E-state index in [1.165, 1.54) is 0 Å². The average Bonchev–Trinajstić information content (AvgIpc) is 3.30. The molecule has 0 atom stereocenters. The van der Waals surface area contributed by atoms with Crippen LogP contribution in [0.25, 0.3) is 11.0 Å². The first kappa shape index (κ1) is 14.8. The summed E-state index contributed by atoms with van der Waals surface area (Å²) in [5.41, 5.74) is 1.11. The number of aromatic nitrogens is 6. The molecule has 0 spiro atoms. The number of carbonyl (C=O) groups excluding carboxylic acids is 1. The number of pyridine rings is 1. The van der Waals surface area contributed by atoms with Crippen LogP contribution in [0.2, 0.25) is 0 Å². The number of nitrogens with one attached hydrogen (secondary N) is 1. The lowest BCUT2D eigenvalue weighted by Crippen LogP contribution is -2.49. The summed E-state index contributed by atoms with van der Waals surface area (Å²) >= 11 is 0. The molecular formula is C15H18N8O. The van der Waals surface area contributed by atoms with Gasteiger partial charge in [-0.05, 0) is 12.1 Å². The molecule has 3 aromatic heterocycles. The van der Waals surface area contributed by atoms with Crippen LogP contribution in [0.5, 0.6) is 0 Å². The molecule has 9 heteroatoms. The highest BCUT2D eigenvalue weighted by molar-refractivity contribution is 5.94. The van der Waals surface area contributed by atoms with E-state index in [4.69, 9.17) is 0 Å². The fraction of sp³-hybridized carbons (Fsp3) is 0.400. The van der Waals surface area contributed by atoms with Crippen molar-refractivity contribution in [2.45, 2.75) is 6.54 Å². The molecule has 1 fully saturated rings. The molecule has 4 rings (SSSR count). The van der Waals surface area contributed by atoms with Crippen LogP contribution in [0.15, 0.2) is 31.0 Å². The van der Waals surface area contributed by atoms with Crippen molar-refractivity contribution in [2.75, 3.05) is 32.7 Å². The molecule has 0 aliphatic carbocycles. The third-order valence-electron chi connectivity index (χ3n) is 4.29. The van der Waals surface area contributed by atoms with Crippen LogP contribution in [0.3, 0.4) is 0 Å². The summed E-state index contributed by atoms with van der Waals surface area (Å²) in [6, 6.07) is 3.63. The standard InChI is InChI=1S/C15H18N8O/c24-15(13-2-1-12-9-17-20-14(12)19-13)22-6-3-21(4-7-22)5-8-23-11-16-10-18-23/h1-2,9-11H,3-8H2,(H,17,19,20). The molecule has 0 bridgehead atoms. The van der Waals surface area contributed by atoms with E-state index >= 15 is 0 Å². The molecule has 1 aliphatic rings. The lowest BCUT2D eigenvalue weighted by molar-refractivity contribution is 0.0626. The molecule has 0 saturated carbocycles. The smallest absolute Gasteiger partial charge is 0.272 e. The Morgan fingerprint density at radius 3 is 2.83 bits per heavy atom. The molecule has 24 heavy (non-hydrogen) atoms. The Morgan fingerprint density at radius 2 is 2.04 bits per heavy atom. The first-order valence-corrected chi connectivity index (χ1v) is 7.94. The molecule has 1 amide bonds. The minimum Gasteiger partial charge on any atom is -0.335 e. The Labute approximate surface area is 138 Å². The molecule has 1 N–H and O–H groups in total. The Bertz CT molecular complexity index is 819. The first-order valence-electron chi connectivity index (χ1n) is 7.94. The molecule has 1 saturated heterocycles. The first-order chi connectivity index (χ1) is 11.8. The number of fused-ring (bicyclic) bond motifs is 1. The van der Waals surface area contributed by atoms with Gasteiger partial charge in [-0.25, -0.2) is 9.97 Å². The van der Waals surface area contributed by atoms with Crippen LogP contribution in [0.1, 0.15) is 10.5 Å². The number of nitrogens with zero attached hydrogens (tertiary/aromatic N) is 7. The van der Waals surface area contributed by atoms with Crippen LogP contribution in [-0.2, 0) is 6.54 Å². The summed E-state index contributed by atoms with van der Waals surface area (Å²) < 4.78 is 1.82. The highest BCUT2D eigenvalue weighted by atomic mass is 16.2. The number of hydrogen-bond donors (Lipinski definition) is 1. The van der Waals surface area contributed by atoms with Crippen LogP contribution in [0.4, 0.5) is 0 Å². The van der Waals surface area contributed by atoms with Gasteiger partial charge in [0.15, 0.2) is 5.65 Å². The maximum atomic E-state index is 12.6. The van der Waals surface area contributed by atoms with Crippen LogP contribution in [-0.4, -0.2) is 78.4 Å². The number of amides is 1. The second kappa shape index (κ2) is 6.36. The summed E-state index contributed by atoms with van der Waals surface area (Å²) in [5, 5.41) is 11.7. The van der Waals surface area contributed by atoms with Gasteiger partial charge in [0.25, 0.3) is 5.91 Å². The summed E-state index contributed by atoms with van der Waals surface area (Å²) in [6.07, 6.45) is 4.96.